The van der Waals surface area contributed by atoms with Crippen LogP contribution in [0.4, 0.5) is 5.69 Å². The number of nitrogens with one attached hydrogen (secondary N) is 2. The van der Waals surface area contributed by atoms with E-state index < -0.39 is 0 Å². The zero-order valence-corrected chi connectivity index (χ0v) is 10.7. The van der Waals surface area contributed by atoms with Crippen LogP contribution in [0.15, 0.2) is 10.9 Å². The van der Waals surface area contributed by atoms with Crippen molar-refractivity contribution < 1.29 is 4.79 Å². The molecule has 0 spiro atoms. The molecule has 0 aliphatic carbocycles. The molecule has 1 amide bonds. The Hall–Kier alpha value is -1.85. The van der Waals surface area contributed by atoms with Gasteiger partial charge in [0.05, 0.1) is 11.4 Å². The van der Waals surface area contributed by atoms with Crippen LogP contribution in [0.25, 0.3) is 0 Å². The predicted molar refractivity (Wildman–Crippen MR) is 68.6 cm³/mol. The molecule has 0 saturated heterocycles. The van der Waals surface area contributed by atoms with Gasteiger partial charge in [0, 0.05) is 18.7 Å². The maximum absolute atomic E-state index is 11.8. The summed E-state index contributed by atoms with van der Waals surface area (Å²) in [5, 5.41) is 10.1. The Morgan fingerprint density at radius 1 is 1.61 bits per heavy atom. The fourth-order valence-corrected chi connectivity index (χ4v) is 1.96. The van der Waals surface area contributed by atoms with Crippen molar-refractivity contribution >= 4 is 11.6 Å². The molecule has 1 aromatic rings. The minimum Gasteiger partial charge on any atom is -0.383 e. The van der Waals surface area contributed by atoms with Gasteiger partial charge in [-0.05, 0) is 26.7 Å². The zero-order chi connectivity index (χ0) is 13.1. The Labute approximate surface area is 105 Å². The maximum Gasteiger partial charge on any atom is 0.269 e. The molecule has 2 rings (SSSR count). The highest BCUT2D eigenvalue weighted by molar-refractivity contribution is 5.75. The number of carbonyl (C=O) groups excluding carboxylic acids is 1. The molecule has 0 fully saturated rings. The Morgan fingerprint density at radius 3 is 3.11 bits per heavy atom. The molecule has 1 aliphatic heterocycles. The molecule has 0 bridgehead atoms. The Morgan fingerprint density at radius 2 is 2.39 bits per heavy atom. The van der Waals surface area contributed by atoms with Crippen molar-refractivity contribution in [3.63, 3.8) is 0 Å². The van der Waals surface area contributed by atoms with Gasteiger partial charge in [0.1, 0.15) is 6.54 Å². The van der Waals surface area contributed by atoms with E-state index in [1.807, 2.05) is 13.8 Å². The molecule has 98 valence electrons. The average molecular weight is 250 g/mol. The van der Waals surface area contributed by atoms with Crippen LogP contribution in [0, 0.1) is 0 Å². The van der Waals surface area contributed by atoms with Crippen molar-refractivity contribution in [2.45, 2.75) is 39.3 Å². The molecule has 0 saturated carbocycles. The Balaban J connectivity index is 2.18. The molecule has 1 aromatic heterocycles. The van der Waals surface area contributed by atoms with Gasteiger partial charge >= 0.3 is 0 Å². The van der Waals surface area contributed by atoms with Gasteiger partial charge in [0.15, 0.2) is 0 Å². The van der Waals surface area contributed by atoms with Crippen LogP contribution in [0.2, 0.25) is 0 Å². The van der Waals surface area contributed by atoms with Crippen molar-refractivity contribution in [3.05, 3.63) is 22.1 Å². The van der Waals surface area contributed by atoms with Gasteiger partial charge in [0.25, 0.3) is 5.56 Å². The Kier molecular flexibility index (Phi) is 3.64. The number of nitrogens with zero attached hydrogens (tertiary/aromatic N) is 2. The van der Waals surface area contributed by atoms with Crippen LogP contribution in [-0.2, 0) is 17.8 Å². The molecule has 2 N–H and O–H groups in total. The number of rotatable bonds is 3. The number of fused-ring (bicyclic) bond motifs is 1. The van der Waals surface area contributed by atoms with Gasteiger partial charge in [-0.15, -0.1) is 0 Å². The summed E-state index contributed by atoms with van der Waals surface area (Å²) in [6, 6.07) is 1.58. The minimum atomic E-state index is -0.248. The Bertz CT molecular complexity index is 507. The first-order valence-electron chi connectivity index (χ1n) is 6.20. The molecule has 0 radical (unpaired) electrons. The SMILES string of the molecule is CC(C)NC(=O)Cn1nc2c(cc1=O)NCCC2. The van der Waals surface area contributed by atoms with Crippen LogP contribution in [0.5, 0.6) is 0 Å². The first-order chi connectivity index (χ1) is 8.56. The van der Waals surface area contributed by atoms with Gasteiger partial charge in [-0.2, -0.15) is 5.10 Å². The first kappa shape index (κ1) is 12.6. The summed E-state index contributed by atoms with van der Waals surface area (Å²) < 4.78 is 1.23. The highest BCUT2D eigenvalue weighted by Gasteiger charge is 2.14. The lowest BCUT2D eigenvalue weighted by atomic mass is 10.1. The number of hydrogen-bond acceptors (Lipinski definition) is 4. The van der Waals surface area contributed by atoms with Crippen LogP contribution in [0.3, 0.4) is 0 Å². The summed E-state index contributed by atoms with van der Waals surface area (Å²) >= 11 is 0. The third-order valence-corrected chi connectivity index (χ3v) is 2.72. The molecule has 6 heteroatoms. The summed E-state index contributed by atoms with van der Waals surface area (Å²) in [6.45, 7) is 4.60. The van der Waals surface area contributed by atoms with Crippen molar-refractivity contribution in [2.75, 3.05) is 11.9 Å². The third-order valence-electron chi connectivity index (χ3n) is 2.72. The second-order valence-corrected chi connectivity index (χ2v) is 4.75. The molecular formula is C12H18N4O2. The smallest absolute Gasteiger partial charge is 0.269 e. The van der Waals surface area contributed by atoms with E-state index in [1.165, 1.54) is 10.7 Å². The predicted octanol–water partition coefficient (Wildman–Crippen LogP) is 0.126. The largest absolute Gasteiger partial charge is 0.383 e. The van der Waals surface area contributed by atoms with Crippen molar-refractivity contribution in [1.82, 2.24) is 15.1 Å². The van der Waals surface area contributed by atoms with E-state index in [0.717, 1.165) is 30.8 Å². The van der Waals surface area contributed by atoms with Gasteiger partial charge in [-0.25, -0.2) is 4.68 Å². The van der Waals surface area contributed by atoms with E-state index >= 15 is 0 Å². The summed E-state index contributed by atoms with van der Waals surface area (Å²) in [7, 11) is 0. The van der Waals surface area contributed by atoms with Gasteiger partial charge in [0.2, 0.25) is 5.91 Å². The van der Waals surface area contributed by atoms with E-state index in [9.17, 15) is 9.59 Å². The van der Waals surface area contributed by atoms with E-state index in [0.29, 0.717) is 0 Å². The van der Waals surface area contributed by atoms with Crippen molar-refractivity contribution in [3.8, 4) is 0 Å². The normalized spacial score (nSPS) is 13.9. The van der Waals surface area contributed by atoms with Crippen LogP contribution in [0.1, 0.15) is 26.0 Å². The van der Waals surface area contributed by atoms with E-state index in [2.05, 4.69) is 15.7 Å². The molecule has 0 aromatic carbocycles. The standard InChI is InChI=1S/C12H18N4O2/c1-8(2)14-11(17)7-16-12(18)6-10-9(15-16)4-3-5-13-10/h6,8,13H,3-5,7H2,1-2H3,(H,14,17). The highest BCUT2D eigenvalue weighted by atomic mass is 16.2. The number of aryl methyl sites for hydroxylation is 1. The summed E-state index contributed by atoms with van der Waals surface area (Å²) in [5.74, 6) is -0.191. The topological polar surface area (TPSA) is 76.0 Å². The lowest BCUT2D eigenvalue weighted by Gasteiger charge is -2.17. The van der Waals surface area contributed by atoms with Gasteiger partial charge in [-0.3, -0.25) is 9.59 Å². The summed E-state index contributed by atoms with van der Waals surface area (Å²) in [5.41, 5.74) is 1.41. The van der Waals surface area contributed by atoms with Crippen LogP contribution >= 0.6 is 0 Å². The molecule has 1 aliphatic rings. The molecular weight excluding hydrogens is 232 g/mol. The molecule has 0 atom stereocenters. The minimum absolute atomic E-state index is 0.0235. The third kappa shape index (κ3) is 2.88. The number of carbonyl (C=O) groups is 1. The number of amides is 1. The second-order valence-electron chi connectivity index (χ2n) is 4.75. The van der Waals surface area contributed by atoms with Crippen LogP contribution < -0.4 is 16.2 Å². The first-order valence-corrected chi connectivity index (χ1v) is 6.20. The molecule has 0 unspecified atom stereocenters. The fourth-order valence-electron chi connectivity index (χ4n) is 1.96. The van der Waals surface area contributed by atoms with Gasteiger partial charge in [-0.1, -0.05) is 0 Å². The monoisotopic (exact) mass is 250 g/mol. The van der Waals surface area contributed by atoms with E-state index in [-0.39, 0.29) is 24.1 Å². The number of anilines is 1. The molecule has 6 nitrogen and oxygen atoms in total. The van der Waals surface area contributed by atoms with Crippen LogP contribution in [-0.4, -0.2) is 28.3 Å². The van der Waals surface area contributed by atoms with Gasteiger partial charge < -0.3 is 10.6 Å². The lowest BCUT2D eigenvalue weighted by Crippen LogP contribution is -2.37. The molecule has 18 heavy (non-hydrogen) atoms. The average Bonchev–Trinajstić information content (AvgIpc) is 2.29. The van der Waals surface area contributed by atoms with E-state index in [4.69, 9.17) is 0 Å². The van der Waals surface area contributed by atoms with Crippen molar-refractivity contribution in [2.24, 2.45) is 0 Å². The lowest BCUT2D eigenvalue weighted by molar-refractivity contribution is -0.122. The summed E-state index contributed by atoms with van der Waals surface area (Å²) in [6.07, 6.45) is 1.84. The van der Waals surface area contributed by atoms with Crippen molar-refractivity contribution in [1.29, 1.82) is 0 Å². The van der Waals surface area contributed by atoms with E-state index in [1.54, 1.807) is 0 Å². The fraction of sp³-hybridized carbons (Fsp3) is 0.583. The molecule has 2 heterocycles. The summed E-state index contributed by atoms with van der Waals surface area (Å²) in [4.78, 5) is 23.4. The number of hydrogen-bond donors (Lipinski definition) is 2. The zero-order valence-electron chi connectivity index (χ0n) is 10.7. The highest BCUT2D eigenvalue weighted by Crippen LogP contribution is 2.16. The number of aromatic nitrogens is 2. The quantitative estimate of drug-likeness (QED) is 0.799. The second kappa shape index (κ2) is 5.20. The maximum atomic E-state index is 11.8.